The second-order valence-electron chi connectivity index (χ2n) is 4.55. The van der Waals surface area contributed by atoms with E-state index in [0.29, 0.717) is 19.6 Å². The molecule has 19 heavy (non-hydrogen) atoms. The minimum absolute atomic E-state index is 0.136. The van der Waals surface area contributed by atoms with E-state index in [1.807, 2.05) is 4.90 Å². The molecule has 3 nitrogen and oxygen atoms in total. The molecule has 1 saturated heterocycles. The molecular weight excluding hydrogens is 250 g/mol. The Morgan fingerprint density at radius 1 is 1.42 bits per heavy atom. The number of anilines is 1. The molecule has 1 aromatic rings. The van der Waals surface area contributed by atoms with Crippen LogP contribution in [-0.4, -0.2) is 36.5 Å². The van der Waals surface area contributed by atoms with Crippen molar-refractivity contribution in [1.82, 2.24) is 4.90 Å². The molecule has 1 amide bonds. The Hall–Kier alpha value is -1.75. The number of hydrogen-bond donors (Lipinski definition) is 0. The lowest BCUT2D eigenvalue weighted by Gasteiger charge is -2.38. The Labute approximate surface area is 111 Å². The molecule has 5 heteroatoms. The number of carbonyl (C=O) groups is 1. The molecule has 0 radical (unpaired) electrons. The summed E-state index contributed by atoms with van der Waals surface area (Å²) in [5, 5.41) is 0. The Bertz CT molecular complexity index is 504. The molecule has 1 aliphatic heterocycles. The van der Waals surface area contributed by atoms with Gasteiger partial charge in [0.15, 0.2) is 0 Å². The lowest BCUT2D eigenvalue weighted by Crippen LogP contribution is -2.56. The van der Waals surface area contributed by atoms with Crippen LogP contribution >= 0.6 is 0 Å². The molecule has 1 fully saturated rings. The first-order chi connectivity index (χ1) is 9.04. The normalized spacial score (nSPS) is 20.7. The van der Waals surface area contributed by atoms with Crippen molar-refractivity contribution in [3.8, 4) is 0 Å². The van der Waals surface area contributed by atoms with E-state index in [-0.39, 0.29) is 17.6 Å². The summed E-state index contributed by atoms with van der Waals surface area (Å²) < 4.78 is 26.6. The van der Waals surface area contributed by atoms with E-state index in [1.165, 1.54) is 11.0 Å². The van der Waals surface area contributed by atoms with Crippen molar-refractivity contribution >= 4 is 11.6 Å². The number of piperazine rings is 1. The second-order valence-corrected chi connectivity index (χ2v) is 4.55. The third kappa shape index (κ3) is 2.66. The first-order valence-electron chi connectivity index (χ1n) is 6.16. The molecule has 0 saturated carbocycles. The zero-order valence-corrected chi connectivity index (χ0v) is 10.8. The van der Waals surface area contributed by atoms with Crippen LogP contribution in [-0.2, 0) is 4.79 Å². The first kappa shape index (κ1) is 13.7. The third-order valence-electron chi connectivity index (χ3n) is 3.35. The highest BCUT2D eigenvalue weighted by molar-refractivity contribution is 5.97. The minimum atomic E-state index is -0.710. The van der Waals surface area contributed by atoms with Gasteiger partial charge in [0.2, 0.25) is 5.91 Å². The van der Waals surface area contributed by atoms with Crippen molar-refractivity contribution in [3.05, 3.63) is 42.5 Å². The number of rotatable bonds is 3. The van der Waals surface area contributed by atoms with Gasteiger partial charge in [-0.15, -0.1) is 6.58 Å². The summed E-state index contributed by atoms with van der Waals surface area (Å²) in [7, 11) is 0. The highest BCUT2D eigenvalue weighted by Gasteiger charge is 2.32. The zero-order chi connectivity index (χ0) is 14.0. The van der Waals surface area contributed by atoms with Crippen LogP contribution in [0.1, 0.15) is 6.92 Å². The van der Waals surface area contributed by atoms with E-state index in [2.05, 4.69) is 6.58 Å². The molecule has 102 valence electrons. The van der Waals surface area contributed by atoms with Gasteiger partial charge in [-0.25, -0.2) is 8.78 Å². The summed E-state index contributed by atoms with van der Waals surface area (Å²) in [5.41, 5.74) is 0.136. The Morgan fingerprint density at radius 3 is 2.79 bits per heavy atom. The van der Waals surface area contributed by atoms with Gasteiger partial charge in [-0.1, -0.05) is 6.08 Å². The molecule has 1 heterocycles. The van der Waals surface area contributed by atoms with Gasteiger partial charge in [-0.05, 0) is 19.1 Å². The number of nitrogens with zero attached hydrogens (tertiary/aromatic N) is 2. The van der Waals surface area contributed by atoms with Crippen LogP contribution in [0.25, 0.3) is 0 Å². The van der Waals surface area contributed by atoms with Crippen LogP contribution in [0.5, 0.6) is 0 Å². The van der Waals surface area contributed by atoms with Gasteiger partial charge < -0.3 is 4.90 Å². The molecule has 1 aromatic carbocycles. The fraction of sp³-hybridized carbons (Fsp3) is 0.357. The quantitative estimate of drug-likeness (QED) is 0.783. The van der Waals surface area contributed by atoms with E-state index in [4.69, 9.17) is 0 Å². The standard InChI is InChI=1S/C14H16F2N2O/c1-3-6-17-7-8-18(14(19)10(17)2)13-5-4-11(15)9-12(13)16/h3-5,9-10H,1,6-8H2,2H3. The van der Waals surface area contributed by atoms with Gasteiger partial charge in [0.1, 0.15) is 11.6 Å². The SMILES string of the molecule is C=CCN1CCN(c2ccc(F)cc2F)C(=O)C1C. The maximum atomic E-state index is 13.7. The molecule has 1 atom stereocenters. The van der Waals surface area contributed by atoms with Gasteiger partial charge in [-0.3, -0.25) is 9.69 Å². The number of hydrogen-bond acceptors (Lipinski definition) is 2. The number of benzene rings is 1. The highest BCUT2D eigenvalue weighted by Crippen LogP contribution is 2.24. The predicted molar refractivity (Wildman–Crippen MR) is 69.9 cm³/mol. The van der Waals surface area contributed by atoms with Crippen molar-refractivity contribution in [2.24, 2.45) is 0 Å². The molecule has 0 N–H and O–H groups in total. The van der Waals surface area contributed by atoms with Crippen LogP contribution in [0.15, 0.2) is 30.9 Å². The largest absolute Gasteiger partial charge is 0.307 e. The van der Waals surface area contributed by atoms with Crippen molar-refractivity contribution < 1.29 is 13.6 Å². The smallest absolute Gasteiger partial charge is 0.244 e. The van der Waals surface area contributed by atoms with Crippen LogP contribution in [0.4, 0.5) is 14.5 Å². The van der Waals surface area contributed by atoms with Gasteiger partial charge in [0, 0.05) is 25.7 Å². The molecular formula is C14H16F2N2O. The molecule has 0 aliphatic carbocycles. The van der Waals surface area contributed by atoms with E-state index < -0.39 is 11.6 Å². The molecule has 2 rings (SSSR count). The summed E-state index contributed by atoms with van der Waals surface area (Å²) in [5.74, 6) is -1.54. The number of halogens is 2. The third-order valence-corrected chi connectivity index (χ3v) is 3.35. The molecule has 0 bridgehead atoms. The highest BCUT2D eigenvalue weighted by atomic mass is 19.1. The van der Waals surface area contributed by atoms with E-state index in [1.54, 1.807) is 13.0 Å². The fourth-order valence-corrected chi connectivity index (χ4v) is 2.27. The van der Waals surface area contributed by atoms with E-state index in [0.717, 1.165) is 12.1 Å². The minimum Gasteiger partial charge on any atom is -0.307 e. The molecule has 1 aliphatic rings. The van der Waals surface area contributed by atoms with Crippen LogP contribution < -0.4 is 4.90 Å². The summed E-state index contributed by atoms with van der Waals surface area (Å²) in [6, 6.07) is 2.92. The van der Waals surface area contributed by atoms with Crippen molar-refractivity contribution in [2.45, 2.75) is 13.0 Å². The van der Waals surface area contributed by atoms with Crippen molar-refractivity contribution in [1.29, 1.82) is 0 Å². The maximum absolute atomic E-state index is 13.7. The van der Waals surface area contributed by atoms with Crippen LogP contribution in [0.2, 0.25) is 0 Å². The number of carbonyl (C=O) groups excluding carboxylic acids is 1. The molecule has 0 aromatic heterocycles. The first-order valence-corrected chi connectivity index (χ1v) is 6.16. The van der Waals surface area contributed by atoms with Crippen LogP contribution in [0, 0.1) is 11.6 Å². The van der Waals surface area contributed by atoms with Gasteiger partial charge >= 0.3 is 0 Å². The van der Waals surface area contributed by atoms with Gasteiger partial charge in [0.25, 0.3) is 0 Å². The van der Waals surface area contributed by atoms with Crippen molar-refractivity contribution in [3.63, 3.8) is 0 Å². The lowest BCUT2D eigenvalue weighted by molar-refractivity contribution is -0.125. The Kier molecular flexibility index (Phi) is 3.95. The van der Waals surface area contributed by atoms with E-state index in [9.17, 15) is 13.6 Å². The summed E-state index contributed by atoms with van der Waals surface area (Å²) in [6.45, 7) is 7.07. The zero-order valence-electron chi connectivity index (χ0n) is 10.8. The molecule has 0 spiro atoms. The fourth-order valence-electron chi connectivity index (χ4n) is 2.27. The Morgan fingerprint density at radius 2 is 2.16 bits per heavy atom. The average molecular weight is 266 g/mol. The van der Waals surface area contributed by atoms with Gasteiger partial charge in [-0.2, -0.15) is 0 Å². The summed E-state index contributed by atoms with van der Waals surface area (Å²) in [4.78, 5) is 15.6. The topological polar surface area (TPSA) is 23.6 Å². The Balaban J connectivity index is 2.23. The number of amides is 1. The van der Waals surface area contributed by atoms with Crippen LogP contribution in [0.3, 0.4) is 0 Å². The summed E-state index contributed by atoms with van der Waals surface area (Å²) >= 11 is 0. The second kappa shape index (κ2) is 5.48. The van der Waals surface area contributed by atoms with Crippen molar-refractivity contribution in [2.75, 3.05) is 24.5 Å². The maximum Gasteiger partial charge on any atom is 0.244 e. The van der Waals surface area contributed by atoms with Gasteiger partial charge in [0.05, 0.1) is 11.7 Å². The average Bonchev–Trinajstić information content (AvgIpc) is 2.37. The molecule has 1 unspecified atom stereocenters. The summed E-state index contributed by atoms with van der Waals surface area (Å²) in [6.07, 6.45) is 1.73. The van der Waals surface area contributed by atoms with E-state index >= 15 is 0 Å². The lowest BCUT2D eigenvalue weighted by atomic mass is 10.1. The predicted octanol–water partition coefficient (Wildman–Crippen LogP) is 2.19. The monoisotopic (exact) mass is 266 g/mol.